The fraction of sp³-hybridized carbons (Fsp3) is 1.00. The second-order valence-electron chi connectivity index (χ2n) is 3.56. The fourth-order valence-electron chi connectivity index (χ4n) is 1.69. The summed E-state index contributed by atoms with van der Waals surface area (Å²) in [5, 5.41) is 0. The minimum Gasteiger partial charge on any atom is -0.381 e. The second kappa shape index (κ2) is 3.38. The third-order valence-electron chi connectivity index (χ3n) is 2.53. The number of methoxy groups -OCH3 is 1. The average molecular weight is 145 g/mol. The minimum absolute atomic E-state index is 0.0418. The lowest BCUT2D eigenvalue weighted by atomic mass is 9.95. The molecular weight excluding hydrogens is 124 g/mol. The van der Waals surface area contributed by atoms with Gasteiger partial charge in [0.2, 0.25) is 0 Å². The van der Waals surface area contributed by atoms with E-state index < -0.39 is 7.04 Å². The molecule has 1 saturated carbocycles. The van der Waals surface area contributed by atoms with Crippen LogP contribution >= 0.6 is 0 Å². The third-order valence-corrected chi connectivity index (χ3v) is 2.53. The Labute approximate surface area is 68.0 Å². The van der Waals surface area contributed by atoms with Gasteiger partial charge < -0.3 is 4.74 Å². The summed E-state index contributed by atoms with van der Waals surface area (Å²) < 4.78 is 25.9. The van der Waals surface area contributed by atoms with Crippen LogP contribution in [0.4, 0.5) is 0 Å². The first-order chi connectivity index (χ1) is 5.88. The Kier molecular flexibility index (Phi) is 1.61. The van der Waals surface area contributed by atoms with Crippen molar-refractivity contribution in [3.63, 3.8) is 0 Å². The molecule has 1 aliphatic carbocycles. The van der Waals surface area contributed by atoms with Crippen molar-refractivity contribution in [3.8, 4) is 0 Å². The van der Waals surface area contributed by atoms with Gasteiger partial charge >= 0.3 is 0 Å². The minimum atomic E-state index is -2.21. The van der Waals surface area contributed by atoms with E-state index in [2.05, 4.69) is 13.8 Å². The molecule has 2 atom stereocenters. The highest BCUT2D eigenvalue weighted by atomic mass is 16.5. The van der Waals surface area contributed by atoms with Crippen LogP contribution in [-0.4, -0.2) is 13.1 Å². The monoisotopic (exact) mass is 145 g/mol. The highest BCUT2D eigenvalue weighted by molar-refractivity contribution is 4.77. The van der Waals surface area contributed by atoms with Gasteiger partial charge in [-0.15, -0.1) is 0 Å². The van der Waals surface area contributed by atoms with Crippen molar-refractivity contribution in [2.24, 2.45) is 11.8 Å². The van der Waals surface area contributed by atoms with E-state index in [-0.39, 0.29) is 6.10 Å². The third kappa shape index (κ3) is 1.72. The molecule has 0 unspecified atom stereocenters. The van der Waals surface area contributed by atoms with Crippen LogP contribution in [0, 0.1) is 11.8 Å². The van der Waals surface area contributed by atoms with Gasteiger partial charge in [-0.05, 0) is 31.1 Å². The molecule has 0 bridgehead atoms. The van der Waals surface area contributed by atoms with Crippen LogP contribution in [0.5, 0.6) is 0 Å². The van der Waals surface area contributed by atoms with E-state index in [1.54, 1.807) is 0 Å². The zero-order chi connectivity index (χ0) is 10.1. The van der Waals surface area contributed by atoms with Gasteiger partial charge in [-0.25, -0.2) is 0 Å². The predicted octanol–water partition coefficient (Wildman–Crippen LogP) is 2.46. The molecule has 0 aromatic heterocycles. The summed E-state index contributed by atoms with van der Waals surface area (Å²) in [6.45, 7) is 4.37. The Hall–Kier alpha value is -0.0400. The van der Waals surface area contributed by atoms with E-state index in [9.17, 15) is 0 Å². The maximum Gasteiger partial charge on any atom is 0.0574 e. The van der Waals surface area contributed by atoms with Crippen molar-refractivity contribution in [2.45, 2.75) is 39.2 Å². The molecule has 1 fully saturated rings. The summed E-state index contributed by atoms with van der Waals surface area (Å²) in [6, 6.07) is 0. The van der Waals surface area contributed by atoms with Gasteiger partial charge in [-0.3, -0.25) is 0 Å². The highest BCUT2D eigenvalue weighted by Gasteiger charge is 2.26. The van der Waals surface area contributed by atoms with Gasteiger partial charge in [-0.2, -0.15) is 0 Å². The van der Waals surface area contributed by atoms with Crippen molar-refractivity contribution in [2.75, 3.05) is 7.04 Å². The Bertz CT molecular complexity index is 165. The van der Waals surface area contributed by atoms with E-state index in [1.165, 1.54) is 0 Å². The maximum absolute atomic E-state index is 6.98. The van der Waals surface area contributed by atoms with Crippen LogP contribution in [-0.2, 0) is 4.74 Å². The van der Waals surface area contributed by atoms with Crippen LogP contribution in [0.15, 0.2) is 0 Å². The zero-order valence-corrected chi connectivity index (χ0v) is 6.76. The predicted molar refractivity (Wildman–Crippen MR) is 43.0 cm³/mol. The fourth-order valence-corrected chi connectivity index (χ4v) is 1.69. The standard InChI is InChI=1S/C9H18O/c1-7(2)8-4-5-9(6-8)10-3/h7-9H,4-6H2,1-3H3/t8-,9+/m0/s1/i3D3. The van der Waals surface area contributed by atoms with E-state index in [0.29, 0.717) is 11.8 Å². The van der Waals surface area contributed by atoms with Crippen LogP contribution in [0.25, 0.3) is 0 Å². The SMILES string of the molecule is [2H]C([2H])([2H])O[C@@H]1CC[C@H](C(C)C)C1. The molecular formula is C9H18O. The molecule has 0 amide bonds. The lowest BCUT2D eigenvalue weighted by molar-refractivity contribution is 0.103. The first kappa shape index (κ1) is 4.76. The lowest BCUT2D eigenvalue weighted by Crippen LogP contribution is -2.08. The molecule has 0 radical (unpaired) electrons. The van der Waals surface area contributed by atoms with E-state index in [0.717, 1.165) is 19.3 Å². The first-order valence-electron chi connectivity index (χ1n) is 5.56. The lowest BCUT2D eigenvalue weighted by Gasteiger charge is -2.13. The van der Waals surface area contributed by atoms with Crippen LogP contribution in [0.3, 0.4) is 0 Å². The topological polar surface area (TPSA) is 9.23 Å². The van der Waals surface area contributed by atoms with Gasteiger partial charge in [0.1, 0.15) is 0 Å². The largest absolute Gasteiger partial charge is 0.381 e. The molecule has 10 heavy (non-hydrogen) atoms. The number of hydrogen-bond acceptors (Lipinski definition) is 1. The van der Waals surface area contributed by atoms with Gasteiger partial charge in [0.25, 0.3) is 0 Å². The summed E-state index contributed by atoms with van der Waals surface area (Å²) in [4.78, 5) is 0. The molecule has 60 valence electrons. The summed E-state index contributed by atoms with van der Waals surface area (Å²) in [5.41, 5.74) is 0. The van der Waals surface area contributed by atoms with Crippen LogP contribution < -0.4 is 0 Å². The normalized spacial score (nSPS) is 39.3. The Balaban J connectivity index is 2.33. The van der Waals surface area contributed by atoms with Crippen molar-refractivity contribution < 1.29 is 8.85 Å². The Morgan fingerprint density at radius 1 is 1.50 bits per heavy atom. The Morgan fingerprint density at radius 2 is 2.30 bits per heavy atom. The van der Waals surface area contributed by atoms with Crippen LogP contribution in [0.2, 0.25) is 0 Å². The van der Waals surface area contributed by atoms with Gasteiger partial charge in [0.15, 0.2) is 0 Å². The van der Waals surface area contributed by atoms with Crippen molar-refractivity contribution in [1.29, 1.82) is 0 Å². The number of hydrogen-bond donors (Lipinski definition) is 0. The summed E-state index contributed by atoms with van der Waals surface area (Å²) in [7, 11) is -2.21. The Morgan fingerprint density at radius 3 is 2.80 bits per heavy atom. The summed E-state index contributed by atoms with van der Waals surface area (Å²) in [5.74, 6) is 1.29. The first-order valence-corrected chi connectivity index (χ1v) is 4.06. The smallest absolute Gasteiger partial charge is 0.0574 e. The van der Waals surface area contributed by atoms with E-state index in [4.69, 9.17) is 8.85 Å². The van der Waals surface area contributed by atoms with Gasteiger partial charge in [0.05, 0.1) is 10.2 Å². The summed E-state index contributed by atoms with van der Waals surface area (Å²) in [6.07, 6.45) is 2.88. The molecule has 1 rings (SSSR count). The molecule has 0 aromatic rings. The quantitative estimate of drug-likeness (QED) is 0.580. The molecule has 1 heteroatoms. The molecule has 1 nitrogen and oxygen atoms in total. The molecule has 0 spiro atoms. The van der Waals surface area contributed by atoms with Crippen molar-refractivity contribution in [1.82, 2.24) is 0 Å². The van der Waals surface area contributed by atoms with E-state index >= 15 is 0 Å². The zero-order valence-electron chi connectivity index (χ0n) is 9.76. The average Bonchev–Trinajstić information content (AvgIpc) is 2.31. The van der Waals surface area contributed by atoms with Crippen LogP contribution in [0.1, 0.15) is 37.2 Å². The second-order valence-corrected chi connectivity index (χ2v) is 3.56. The molecule has 0 aromatic carbocycles. The highest BCUT2D eigenvalue weighted by Crippen LogP contribution is 2.32. The molecule has 1 aliphatic rings. The van der Waals surface area contributed by atoms with Crippen molar-refractivity contribution >= 4 is 0 Å². The number of rotatable bonds is 2. The molecule has 0 saturated heterocycles. The number of ether oxygens (including phenoxy) is 1. The van der Waals surface area contributed by atoms with Crippen molar-refractivity contribution in [3.05, 3.63) is 0 Å². The van der Waals surface area contributed by atoms with Gasteiger partial charge in [-0.1, -0.05) is 13.8 Å². The van der Waals surface area contributed by atoms with Gasteiger partial charge in [0, 0.05) is 7.04 Å². The molecule has 0 aliphatic heterocycles. The molecule has 0 N–H and O–H groups in total. The van der Waals surface area contributed by atoms with E-state index in [1.807, 2.05) is 0 Å². The molecule has 0 heterocycles. The maximum atomic E-state index is 6.98. The summed E-state index contributed by atoms with van der Waals surface area (Å²) >= 11 is 0.